The second kappa shape index (κ2) is 16.3. The van der Waals surface area contributed by atoms with Crippen molar-refractivity contribution in [3.05, 3.63) is 70.8 Å². The lowest BCUT2D eigenvalue weighted by Crippen LogP contribution is -2.18. The normalized spacial score (nSPS) is 12.8. The van der Waals surface area contributed by atoms with Gasteiger partial charge >= 0.3 is 0 Å². The molecule has 2 atom stereocenters. The summed E-state index contributed by atoms with van der Waals surface area (Å²) in [7, 11) is 9.72. The molecule has 0 fully saturated rings. The first-order chi connectivity index (χ1) is 20.3. The Morgan fingerprint density at radius 1 is 0.476 bits per heavy atom. The lowest BCUT2D eigenvalue weighted by molar-refractivity contribution is 0.0877. The fourth-order valence-electron chi connectivity index (χ4n) is 4.27. The van der Waals surface area contributed by atoms with E-state index in [0.29, 0.717) is 47.7 Å². The molecule has 0 bridgehead atoms. The molecule has 8 heteroatoms. The van der Waals surface area contributed by atoms with Gasteiger partial charge in [0.25, 0.3) is 0 Å². The van der Waals surface area contributed by atoms with Crippen LogP contribution in [0.15, 0.2) is 48.5 Å². The van der Waals surface area contributed by atoms with Gasteiger partial charge in [0.15, 0.2) is 23.0 Å². The Labute approximate surface area is 249 Å². The van der Waals surface area contributed by atoms with Gasteiger partial charge in [0.1, 0.15) is 12.2 Å². The second-order valence-electron chi connectivity index (χ2n) is 9.61. The summed E-state index contributed by atoms with van der Waals surface area (Å²) in [6.45, 7) is 4.77. The van der Waals surface area contributed by atoms with Crippen LogP contribution in [0.1, 0.15) is 36.1 Å². The van der Waals surface area contributed by atoms with Gasteiger partial charge in [-0.05, 0) is 60.4 Å². The topological polar surface area (TPSA) is 73.8 Å². The predicted molar refractivity (Wildman–Crippen MR) is 167 cm³/mol. The molecule has 0 aromatic heterocycles. The van der Waals surface area contributed by atoms with Gasteiger partial charge < -0.3 is 37.9 Å². The molecule has 3 aromatic rings. The van der Waals surface area contributed by atoms with E-state index >= 15 is 0 Å². The lowest BCUT2D eigenvalue weighted by Gasteiger charge is -2.19. The third-order valence-corrected chi connectivity index (χ3v) is 6.28. The molecule has 3 aromatic carbocycles. The molecule has 0 radical (unpaired) electrons. The van der Waals surface area contributed by atoms with Gasteiger partial charge in [0.2, 0.25) is 11.5 Å². The Morgan fingerprint density at radius 3 is 1.02 bits per heavy atom. The first-order valence-corrected chi connectivity index (χ1v) is 13.6. The molecule has 0 spiro atoms. The lowest BCUT2D eigenvalue weighted by atomic mass is 10.1. The first kappa shape index (κ1) is 32.4. The van der Waals surface area contributed by atoms with Crippen molar-refractivity contribution in [3.63, 3.8) is 0 Å². The van der Waals surface area contributed by atoms with E-state index in [1.165, 1.54) is 0 Å². The highest BCUT2D eigenvalue weighted by molar-refractivity contribution is 5.75. The zero-order valence-corrected chi connectivity index (χ0v) is 25.8. The molecular formula is C34H42O8. The summed E-state index contributed by atoms with van der Waals surface area (Å²) < 4.78 is 44.7. The van der Waals surface area contributed by atoms with Crippen LogP contribution in [0.4, 0.5) is 0 Å². The molecule has 0 amide bonds. The Hall–Kier alpha value is -4.14. The van der Waals surface area contributed by atoms with Crippen LogP contribution in [0.5, 0.6) is 34.5 Å². The van der Waals surface area contributed by atoms with Crippen molar-refractivity contribution in [2.45, 2.75) is 26.1 Å². The van der Waals surface area contributed by atoms with Gasteiger partial charge in [0, 0.05) is 14.2 Å². The van der Waals surface area contributed by atoms with Gasteiger partial charge in [-0.2, -0.15) is 0 Å². The van der Waals surface area contributed by atoms with Crippen LogP contribution < -0.4 is 28.4 Å². The molecule has 8 nitrogen and oxygen atoms in total. The van der Waals surface area contributed by atoms with Gasteiger partial charge in [-0.25, -0.2) is 0 Å². The van der Waals surface area contributed by atoms with Crippen LogP contribution in [0, 0.1) is 0 Å². The smallest absolute Gasteiger partial charge is 0.203 e. The minimum absolute atomic E-state index is 0.154. The predicted octanol–water partition coefficient (Wildman–Crippen LogP) is 6.89. The van der Waals surface area contributed by atoms with Gasteiger partial charge in [-0.3, -0.25) is 0 Å². The average Bonchev–Trinajstić information content (AvgIpc) is 3.00. The Bertz CT molecular complexity index is 1180. The minimum atomic E-state index is -0.154. The highest BCUT2D eigenvalue weighted by atomic mass is 16.6. The van der Waals surface area contributed by atoms with Crippen molar-refractivity contribution in [1.82, 2.24) is 0 Å². The molecule has 0 N–H and O–H groups in total. The van der Waals surface area contributed by atoms with E-state index in [4.69, 9.17) is 37.9 Å². The van der Waals surface area contributed by atoms with E-state index in [1.807, 2.05) is 62.4 Å². The number of ether oxygens (including phenoxy) is 8. The molecule has 0 heterocycles. The van der Waals surface area contributed by atoms with Crippen molar-refractivity contribution in [2.24, 2.45) is 0 Å². The van der Waals surface area contributed by atoms with E-state index in [2.05, 4.69) is 24.3 Å². The van der Waals surface area contributed by atoms with Crippen LogP contribution in [0.25, 0.3) is 24.3 Å². The van der Waals surface area contributed by atoms with Crippen LogP contribution in [0.3, 0.4) is 0 Å². The van der Waals surface area contributed by atoms with E-state index in [1.54, 1.807) is 42.7 Å². The Balaban J connectivity index is 1.75. The standard InChI is InChI=1S/C34H42O8/c1-23(21-35-3)41-33-29(37-5)17-27(18-30(33)38-6)15-13-25-9-11-26(12-10-25)14-16-28-19-31(39-7)34(32(20-28)40-8)42-24(2)22-36-4/h9-20,23-24H,21-22H2,1-8H3/b15-13+,16-14+. The number of hydrogen-bond donors (Lipinski definition) is 0. The zero-order chi connectivity index (χ0) is 30.5. The summed E-state index contributed by atoms with van der Waals surface area (Å²) in [5, 5.41) is 0. The van der Waals surface area contributed by atoms with Crippen molar-refractivity contribution in [3.8, 4) is 34.5 Å². The maximum atomic E-state index is 6.01. The molecule has 0 aliphatic heterocycles. The molecule has 2 unspecified atom stereocenters. The molecule has 0 aliphatic rings. The molecular weight excluding hydrogens is 536 g/mol. The summed E-state index contributed by atoms with van der Waals surface area (Å²) in [6, 6.07) is 15.9. The van der Waals surface area contributed by atoms with Gasteiger partial charge in [0.05, 0.1) is 41.7 Å². The SMILES string of the molecule is COCC(C)Oc1c(OC)cc(/C=C/c2ccc(/C=C/c3cc(OC)c(OC(C)COC)c(OC)c3)cc2)cc1OC. The Kier molecular flexibility index (Phi) is 12.6. The van der Waals surface area contributed by atoms with E-state index < -0.39 is 0 Å². The summed E-state index contributed by atoms with van der Waals surface area (Å²) in [5.74, 6) is 3.47. The molecule has 42 heavy (non-hydrogen) atoms. The summed E-state index contributed by atoms with van der Waals surface area (Å²) in [4.78, 5) is 0. The number of methoxy groups -OCH3 is 6. The van der Waals surface area contributed by atoms with Crippen molar-refractivity contribution in [2.75, 3.05) is 55.9 Å². The third kappa shape index (κ3) is 8.93. The zero-order valence-electron chi connectivity index (χ0n) is 25.8. The molecule has 226 valence electrons. The highest BCUT2D eigenvalue weighted by Crippen LogP contribution is 2.41. The fourth-order valence-corrected chi connectivity index (χ4v) is 4.27. The second-order valence-corrected chi connectivity index (χ2v) is 9.61. The molecule has 0 saturated heterocycles. The van der Waals surface area contributed by atoms with Gasteiger partial charge in [-0.15, -0.1) is 0 Å². The van der Waals surface area contributed by atoms with Crippen LogP contribution >= 0.6 is 0 Å². The average molecular weight is 579 g/mol. The third-order valence-electron chi connectivity index (χ3n) is 6.28. The monoisotopic (exact) mass is 578 g/mol. The van der Waals surface area contributed by atoms with Crippen LogP contribution in [-0.4, -0.2) is 68.1 Å². The molecule has 0 aliphatic carbocycles. The largest absolute Gasteiger partial charge is 0.493 e. The summed E-state index contributed by atoms with van der Waals surface area (Å²) in [6.07, 6.45) is 7.78. The quantitative estimate of drug-likeness (QED) is 0.170. The van der Waals surface area contributed by atoms with E-state index in [9.17, 15) is 0 Å². The highest BCUT2D eigenvalue weighted by Gasteiger charge is 2.17. The number of rotatable bonds is 16. The first-order valence-electron chi connectivity index (χ1n) is 13.6. The van der Waals surface area contributed by atoms with Gasteiger partial charge in [-0.1, -0.05) is 48.6 Å². The van der Waals surface area contributed by atoms with E-state index in [-0.39, 0.29) is 12.2 Å². The fraction of sp³-hybridized carbons (Fsp3) is 0.353. The molecule has 3 rings (SSSR count). The number of benzene rings is 3. The Morgan fingerprint density at radius 2 is 0.762 bits per heavy atom. The van der Waals surface area contributed by atoms with E-state index in [0.717, 1.165) is 22.3 Å². The number of hydrogen-bond acceptors (Lipinski definition) is 8. The summed E-state index contributed by atoms with van der Waals surface area (Å²) >= 11 is 0. The van der Waals surface area contributed by atoms with Crippen LogP contribution in [0.2, 0.25) is 0 Å². The van der Waals surface area contributed by atoms with Crippen molar-refractivity contribution >= 4 is 24.3 Å². The molecule has 0 saturated carbocycles. The summed E-state index contributed by atoms with van der Waals surface area (Å²) in [5.41, 5.74) is 3.95. The van der Waals surface area contributed by atoms with Crippen molar-refractivity contribution in [1.29, 1.82) is 0 Å². The minimum Gasteiger partial charge on any atom is -0.493 e. The maximum Gasteiger partial charge on any atom is 0.203 e. The maximum absolute atomic E-state index is 6.01. The van der Waals surface area contributed by atoms with Crippen molar-refractivity contribution < 1.29 is 37.9 Å². The van der Waals surface area contributed by atoms with Crippen LogP contribution in [-0.2, 0) is 9.47 Å².